The quantitative estimate of drug-likeness (QED) is 0.406. The van der Waals surface area contributed by atoms with E-state index in [-0.39, 0.29) is 11.1 Å². The van der Waals surface area contributed by atoms with Crippen molar-refractivity contribution in [2.45, 2.75) is 64.7 Å². The summed E-state index contributed by atoms with van der Waals surface area (Å²) < 4.78 is 16.6. The Balaban J connectivity index is 4.53. The average Bonchev–Trinajstić information content (AvgIpc) is 2.15. The zero-order chi connectivity index (χ0) is 13.7. The third-order valence-electron chi connectivity index (χ3n) is 3.08. The highest BCUT2D eigenvalue weighted by atomic mass is 35.5. The maximum absolute atomic E-state index is 5.95. The van der Waals surface area contributed by atoms with Gasteiger partial charge in [-0.15, -0.1) is 0 Å². The second-order valence-electron chi connectivity index (χ2n) is 5.53. The summed E-state index contributed by atoms with van der Waals surface area (Å²) in [4.78, 5) is 0. The van der Waals surface area contributed by atoms with E-state index in [0.717, 1.165) is 0 Å². The van der Waals surface area contributed by atoms with Crippen LogP contribution in [0, 0.1) is 0 Å². The van der Waals surface area contributed by atoms with Crippen molar-refractivity contribution in [3.05, 3.63) is 0 Å². The Morgan fingerprint density at radius 1 is 1.29 bits per heavy atom. The fraction of sp³-hybridized carbons (Fsp3) is 1.00. The number of halogens is 1. The molecule has 0 heterocycles. The highest BCUT2D eigenvalue weighted by molar-refractivity contribution is 6.74. The van der Waals surface area contributed by atoms with E-state index in [2.05, 4.69) is 33.9 Å². The molecule has 0 saturated heterocycles. The van der Waals surface area contributed by atoms with Crippen LogP contribution in [0.5, 0.6) is 0 Å². The number of rotatable bonds is 7. The molecule has 0 amide bonds. The van der Waals surface area contributed by atoms with Gasteiger partial charge in [-0.3, -0.25) is 0 Å². The standard InChI is InChI=1S/C11H24BClO3Si/c1-7-9(12)15-10(14-8-13)16-17(5,6)11(2,3)4/h9-10H,7-8H2,1-6H3/t9-,10?/m1/s1. The zero-order valence-corrected chi connectivity index (χ0v) is 13.5. The van der Waals surface area contributed by atoms with Gasteiger partial charge in [0.05, 0.1) is 0 Å². The van der Waals surface area contributed by atoms with Crippen molar-refractivity contribution in [2.24, 2.45) is 0 Å². The van der Waals surface area contributed by atoms with E-state index in [1.807, 2.05) is 6.92 Å². The topological polar surface area (TPSA) is 27.7 Å². The minimum absolute atomic E-state index is 0.0235. The van der Waals surface area contributed by atoms with Gasteiger partial charge in [0.15, 0.2) is 8.32 Å². The predicted octanol–water partition coefficient (Wildman–Crippen LogP) is 3.43. The zero-order valence-electron chi connectivity index (χ0n) is 11.7. The molecule has 6 heteroatoms. The molecule has 100 valence electrons. The van der Waals surface area contributed by atoms with Crippen molar-refractivity contribution in [1.82, 2.24) is 0 Å². The van der Waals surface area contributed by atoms with Gasteiger partial charge >= 0.3 is 0 Å². The Labute approximate surface area is 113 Å². The van der Waals surface area contributed by atoms with E-state index in [9.17, 15) is 0 Å². The Hall–Kier alpha value is 0.452. The average molecular weight is 279 g/mol. The molecule has 0 fully saturated rings. The molecule has 0 bridgehead atoms. The summed E-state index contributed by atoms with van der Waals surface area (Å²) in [6.45, 7) is 11.9. The lowest BCUT2D eigenvalue weighted by molar-refractivity contribution is -0.252. The molecule has 0 aliphatic heterocycles. The van der Waals surface area contributed by atoms with Gasteiger partial charge in [0, 0.05) is 6.00 Å². The van der Waals surface area contributed by atoms with Crippen LogP contribution in [0.2, 0.25) is 18.1 Å². The Kier molecular flexibility index (Phi) is 7.33. The fourth-order valence-corrected chi connectivity index (χ4v) is 1.87. The Morgan fingerprint density at radius 2 is 1.82 bits per heavy atom. The lowest BCUT2D eigenvalue weighted by Crippen LogP contribution is -2.46. The van der Waals surface area contributed by atoms with Gasteiger partial charge in [0.1, 0.15) is 13.9 Å². The van der Waals surface area contributed by atoms with Crippen LogP contribution in [0.1, 0.15) is 34.1 Å². The largest absolute Gasteiger partial charge is 0.371 e. The molecule has 0 spiro atoms. The monoisotopic (exact) mass is 278 g/mol. The molecule has 0 rings (SSSR count). The van der Waals surface area contributed by atoms with Crippen LogP contribution in [0.25, 0.3) is 0 Å². The van der Waals surface area contributed by atoms with Crippen molar-refractivity contribution in [1.29, 1.82) is 0 Å². The molecule has 0 saturated carbocycles. The van der Waals surface area contributed by atoms with Crippen molar-refractivity contribution < 1.29 is 13.9 Å². The first-order valence-corrected chi connectivity index (χ1v) is 9.34. The van der Waals surface area contributed by atoms with Crippen LogP contribution in [0.3, 0.4) is 0 Å². The molecule has 0 aromatic heterocycles. The molecular formula is C11H24BClO3Si. The highest BCUT2D eigenvalue weighted by Gasteiger charge is 2.40. The minimum atomic E-state index is -1.95. The van der Waals surface area contributed by atoms with Crippen LogP contribution in [-0.4, -0.2) is 34.7 Å². The van der Waals surface area contributed by atoms with Gasteiger partial charge in [0.25, 0.3) is 6.48 Å². The summed E-state index contributed by atoms with van der Waals surface area (Å²) in [6.07, 6.45) is 0.697. The summed E-state index contributed by atoms with van der Waals surface area (Å²) in [5.41, 5.74) is 0. The van der Waals surface area contributed by atoms with Crippen molar-refractivity contribution in [3.63, 3.8) is 0 Å². The molecule has 3 nitrogen and oxygen atoms in total. The summed E-state index contributed by atoms with van der Waals surface area (Å²) in [5.74, 6) is 0. The SMILES string of the molecule is [B][C@@H](CC)OC(OCCl)O[Si](C)(C)C(C)(C)C. The molecule has 2 atom stereocenters. The third kappa shape index (κ3) is 6.25. The Morgan fingerprint density at radius 3 is 2.18 bits per heavy atom. The first-order valence-electron chi connectivity index (χ1n) is 5.90. The van der Waals surface area contributed by atoms with Crippen molar-refractivity contribution >= 4 is 27.8 Å². The number of ether oxygens (including phenoxy) is 2. The van der Waals surface area contributed by atoms with Crippen LogP contribution in [0.15, 0.2) is 0 Å². The summed E-state index contributed by atoms with van der Waals surface area (Å²) in [6, 6.07) is -0.372. The fourth-order valence-electron chi connectivity index (χ4n) is 0.809. The molecule has 2 radical (unpaired) electrons. The molecule has 17 heavy (non-hydrogen) atoms. The Bertz CT molecular complexity index is 221. The van der Waals surface area contributed by atoms with Gasteiger partial charge < -0.3 is 13.9 Å². The first kappa shape index (κ1) is 17.5. The van der Waals surface area contributed by atoms with Gasteiger partial charge in [-0.25, -0.2) is 0 Å². The number of alkyl halides is 1. The van der Waals surface area contributed by atoms with Crippen LogP contribution in [0.4, 0.5) is 0 Å². The number of hydrogen-bond donors (Lipinski definition) is 0. The number of hydrogen-bond acceptors (Lipinski definition) is 3. The van der Waals surface area contributed by atoms with Gasteiger partial charge in [-0.2, -0.15) is 0 Å². The van der Waals surface area contributed by atoms with Crippen molar-refractivity contribution in [3.8, 4) is 0 Å². The van der Waals surface area contributed by atoms with Crippen LogP contribution in [-0.2, 0) is 13.9 Å². The minimum Gasteiger partial charge on any atom is -0.371 e. The van der Waals surface area contributed by atoms with Crippen LogP contribution >= 0.6 is 11.6 Å². The summed E-state index contributed by atoms with van der Waals surface area (Å²) in [7, 11) is 3.77. The second-order valence-corrected chi connectivity index (χ2v) is 10.5. The van der Waals surface area contributed by atoms with Gasteiger partial charge in [0.2, 0.25) is 0 Å². The molecule has 0 N–H and O–H groups in total. The molecule has 0 aliphatic rings. The maximum atomic E-state index is 5.95. The van der Waals surface area contributed by atoms with E-state index in [0.29, 0.717) is 6.42 Å². The van der Waals surface area contributed by atoms with E-state index in [4.69, 9.17) is 33.3 Å². The van der Waals surface area contributed by atoms with E-state index in [1.165, 1.54) is 0 Å². The van der Waals surface area contributed by atoms with Gasteiger partial charge in [-0.1, -0.05) is 39.3 Å². The van der Waals surface area contributed by atoms with E-state index >= 15 is 0 Å². The molecular weight excluding hydrogens is 254 g/mol. The van der Waals surface area contributed by atoms with E-state index < -0.39 is 20.8 Å². The maximum Gasteiger partial charge on any atom is 0.262 e. The van der Waals surface area contributed by atoms with E-state index in [1.54, 1.807) is 0 Å². The third-order valence-corrected chi connectivity index (χ3v) is 7.60. The van der Waals surface area contributed by atoms with Gasteiger partial charge in [-0.05, 0) is 24.6 Å². The smallest absolute Gasteiger partial charge is 0.262 e. The highest BCUT2D eigenvalue weighted by Crippen LogP contribution is 2.37. The predicted molar refractivity (Wildman–Crippen MR) is 74.8 cm³/mol. The lowest BCUT2D eigenvalue weighted by Gasteiger charge is -2.39. The summed E-state index contributed by atoms with van der Waals surface area (Å²) in [5, 5.41) is 0.0839. The molecule has 0 aromatic rings. The molecule has 0 aliphatic carbocycles. The van der Waals surface area contributed by atoms with Crippen molar-refractivity contribution in [2.75, 3.05) is 6.07 Å². The lowest BCUT2D eigenvalue weighted by atomic mass is 9.98. The van der Waals surface area contributed by atoms with Crippen LogP contribution < -0.4 is 0 Å². The normalized spacial score (nSPS) is 16.9. The molecule has 1 unspecified atom stereocenters. The summed E-state index contributed by atoms with van der Waals surface area (Å²) >= 11 is 5.56. The first-order chi connectivity index (χ1) is 7.64. The second kappa shape index (κ2) is 7.14. The molecule has 0 aromatic carbocycles.